The van der Waals surface area contributed by atoms with Gasteiger partial charge < -0.3 is 0 Å². The van der Waals surface area contributed by atoms with Gasteiger partial charge in [0.2, 0.25) is 0 Å². The van der Waals surface area contributed by atoms with E-state index in [9.17, 15) is 9.00 Å². The predicted octanol–water partition coefficient (Wildman–Crippen LogP) is 1.86. The summed E-state index contributed by atoms with van der Waals surface area (Å²) in [7, 11) is -1.11. The highest BCUT2D eigenvalue weighted by molar-refractivity contribution is 7.82. The Balaban J connectivity index is 2.86. The summed E-state index contributed by atoms with van der Waals surface area (Å²) in [6.45, 7) is 5.44. The van der Waals surface area contributed by atoms with Gasteiger partial charge >= 0.3 is 0 Å². The molecule has 0 aliphatic rings. The molecule has 3 nitrogen and oxygen atoms in total. The maximum atomic E-state index is 12.0. The first-order valence-corrected chi connectivity index (χ1v) is 6.05. The molecule has 0 N–H and O–H groups in total. The van der Waals surface area contributed by atoms with Gasteiger partial charge in [-0.05, 0) is 12.1 Å². The number of rotatable bonds is 5. The van der Waals surface area contributed by atoms with Gasteiger partial charge in [0.1, 0.15) is 17.3 Å². The highest BCUT2D eigenvalue weighted by Gasteiger charge is 2.10. The van der Waals surface area contributed by atoms with Crippen LogP contribution >= 0.6 is 0 Å². The Morgan fingerprint density at radius 1 is 1.20 bits per heavy atom. The van der Waals surface area contributed by atoms with E-state index in [4.69, 9.17) is 0 Å². The molecule has 0 aliphatic heterocycles. The minimum Gasteiger partial charge on any atom is -0.298 e. The molecule has 0 spiro atoms. The Labute approximate surface area is 92.7 Å². The summed E-state index contributed by atoms with van der Waals surface area (Å²) < 4.78 is 13.8. The normalized spacial score (nSPS) is 12.7. The highest BCUT2D eigenvalue weighted by atomic mass is 32.2. The fourth-order valence-corrected chi connectivity index (χ4v) is 2.41. The fourth-order valence-electron chi connectivity index (χ4n) is 1.27. The molecule has 0 aromatic heterocycles. The van der Waals surface area contributed by atoms with Gasteiger partial charge in [-0.15, -0.1) is 0 Å². The maximum Gasteiger partial charge on any atom is 0.150 e. The van der Waals surface area contributed by atoms with Crippen molar-refractivity contribution in [3.63, 3.8) is 0 Å². The lowest BCUT2D eigenvalue weighted by Gasteiger charge is -2.16. The van der Waals surface area contributed by atoms with Crippen molar-refractivity contribution in [2.75, 3.05) is 13.1 Å². The Morgan fingerprint density at radius 3 is 2.13 bits per heavy atom. The van der Waals surface area contributed by atoms with E-state index >= 15 is 0 Å². The Morgan fingerprint density at radius 2 is 1.73 bits per heavy atom. The second-order valence-electron chi connectivity index (χ2n) is 3.05. The lowest BCUT2D eigenvalue weighted by atomic mass is 10.2. The van der Waals surface area contributed by atoms with Crippen LogP contribution in [0, 0.1) is 0 Å². The van der Waals surface area contributed by atoms with Crippen molar-refractivity contribution in [2.24, 2.45) is 0 Å². The molecule has 1 unspecified atom stereocenters. The summed E-state index contributed by atoms with van der Waals surface area (Å²) in [5.41, 5.74) is 0.607. The Bertz CT molecular complexity index is 344. The van der Waals surface area contributed by atoms with Gasteiger partial charge in [-0.1, -0.05) is 26.0 Å². The van der Waals surface area contributed by atoms with Crippen molar-refractivity contribution in [3.05, 3.63) is 29.8 Å². The predicted molar refractivity (Wildman–Crippen MR) is 61.2 cm³/mol. The largest absolute Gasteiger partial charge is 0.298 e. The molecule has 1 atom stereocenters. The first kappa shape index (κ1) is 12.1. The molecular formula is C11H15NO2S. The van der Waals surface area contributed by atoms with Crippen LogP contribution in [0.2, 0.25) is 0 Å². The molecule has 0 heterocycles. The third kappa shape index (κ3) is 2.97. The standard InChI is InChI=1S/C11H15NO2S/c1-3-12(4-2)15(14)11-7-5-10(9-13)6-8-11/h5-9H,3-4H2,1-2H3. The number of benzene rings is 1. The van der Waals surface area contributed by atoms with E-state index in [0.29, 0.717) is 5.56 Å². The first-order chi connectivity index (χ1) is 7.22. The van der Waals surface area contributed by atoms with Crippen LogP contribution in [0.5, 0.6) is 0 Å². The summed E-state index contributed by atoms with van der Waals surface area (Å²) >= 11 is 0. The molecule has 1 aromatic rings. The lowest BCUT2D eigenvalue weighted by molar-refractivity contribution is 0.112. The van der Waals surface area contributed by atoms with Crippen molar-refractivity contribution in [1.82, 2.24) is 4.31 Å². The molecule has 0 radical (unpaired) electrons. The Kier molecular flexibility index (Phi) is 4.65. The van der Waals surface area contributed by atoms with E-state index in [0.717, 1.165) is 24.3 Å². The average Bonchev–Trinajstić information content (AvgIpc) is 2.30. The average molecular weight is 225 g/mol. The van der Waals surface area contributed by atoms with E-state index in [1.807, 2.05) is 18.2 Å². The van der Waals surface area contributed by atoms with Gasteiger partial charge in [0.15, 0.2) is 0 Å². The quantitative estimate of drug-likeness (QED) is 0.717. The van der Waals surface area contributed by atoms with Crippen molar-refractivity contribution in [2.45, 2.75) is 18.7 Å². The van der Waals surface area contributed by atoms with E-state index in [1.165, 1.54) is 0 Å². The summed E-state index contributed by atoms with van der Waals surface area (Å²) in [6, 6.07) is 6.84. The zero-order valence-corrected chi connectivity index (χ0v) is 9.79. The van der Waals surface area contributed by atoms with Crippen molar-refractivity contribution < 1.29 is 9.00 Å². The molecular weight excluding hydrogens is 210 g/mol. The third-order valence-electron chi connectivity index (χ3n) is 2.16. The highest BCUT2D eigenvalue weighted by Crippen LogP contribution is 2.11. The number of nitrogens with zero attached hydrogens (tertiary/aromatic N) is 1. The smallest absolute Gasteiger partial charge is 0.150 e. The number of carbonyl (C=O) groups is 1. The van der Waals surface area contributed by atoms with Gasteiger partial charge in [-0.3, -0.25) is 4.79 Å². The van der Waals surface area contributed by atoms with Crippen LogP contribution in [0.3, 0.4) is 0 Å². The summed E-state index contributed by atoms with van der Waals surface area (Å²) in [5, 5.41) is 0. The second kappa shape index (κ2) is 5.78. The molecule has 1 rings (SSSR count). The monoisotopic (exact) mass is 225 g/mol. The molecule has 0 saturated heterocycles. The maximum absolute atomic E-state index is 12.0. The second-order valence-corrected chi connectivity index (χ2v) is 4.54. The number of hydrogen-bond donors (Lipinski definition) is 0. The van der Waals surface area contributed by atoms with Crippen LogP contribution in [-0.4, -0.2) is 27.9 Å². The van der Waals surface area contributed by atoms with Crippen LogP contribution in [0.4, 0.5) is 0 Å². The van der Waals surface area contributed by atoms with Crippen LogP contribution in [0.1, 0.15) is 24.2 Å². The van der Waals surface area contributed by atoms with Crippen LogP contribution in [0.15, 0.2) is 29.2 Å². The zero-order chi connectivity index (χ0) is 11.3. The molecule has 0 fully saturated rings. The van der Waals surface area contributed by atoms with Crippen LogP contribution in [-0.2, 0) is 11.0 Å². The van der Waals surface area contributed by atoms with Crippen LogP contribution in [0.25, 0.3) is 0 Å². The molecule has 0 saturated carbocycles. The zero-order valence-electron chi connectivity index (χ0n) is 8.97. The molecule has 0 bridgehead atoms. The van der Waals surface area contributed by atoms with Crippen molar-refractivity contribution >= 4 is 17.3 Å². The summed E-state index contributed by atoms with van der Waals surface area (Å²) in [6.07, 6.45) is 0.782. The number of hydrogen-bond acceptors (Lipinski definition) is 2. The minimum absolute atomic E-state index is 0.607. The SMILES string of the molecule is CCN(CC)S(=O)c1ccc(C=O)cc1. The van der Waals surface area contributed by atoms with E-state index in [1.54, 1.807) is 24.3 Å². The molecule has 0 aliphatic carbocycles. The van der Waals surface area contributed by atoms with E-state index in [2.05, 4.69) is 0 Å². The first-order valence-electron chi connectivity index (χ1n) is 4.95. The van der Waals surface area contributed by atoms with Crippen molar-refractivity contribution in [3.8, 4) is 0 Å². The summed E-state index contributed by atoms with van der Waals surface area (Å²) in [4.78, 5) is 11.2. The molecule has 0 amide bonds. The van der Waals surface area contributed by atoms with Gasteiger partial charge in [-0.2, -0.15) is 0 Å². The molecule has 1 aromatic carbocycles. The third-order valence-corrected chi connectivity index (χ3v) is 3.82. The topological polar surface area (TPSA) is 37.4 Å². The van der Waals surface area contributed by atoms with E-state index < -0.39 is 11.0 Å². The van der Waals surface area contributed by atoms with E-state index in [-0.39, 0.29) is 0 Å². The van der Waals surface area contributed by atoms with Gasteiger partial charge in [0.25, 0.3) is 0 Å². The molecule has 15 heavy (non-hydrogen) atoms. The van der Waals surface area contributed by atoms with Crippen molar-refractivity contribution in [1.29, 1.82) is 0 Å². The number of aldehydes is 1. The van der Waals surface area contributed by atoms with Gasteiger partial charge in [0.05, 0.1) is 4.90 Å². The Hall–Kier alpha value is -1.00. The molecule has 82 valence electrons. The van der Waals surface area contributed by atoms with Gasteiger partial charge in [0, 0.05) is 18.7 Å². The van der Waals surface area contributed by atoms with Gasteiger partial charge in [-0.25, -0.2) is 8.51 Å². The molecule has 4 heteroatoms. The minimum atomic E-state index is -1.11. The lowest BCUT2D eigenvalue weighted by Crippen LogP contribution is -2.25. The number of carbonyl (C=O) groups excluding carboxylic acids is 1. The summed E-state index contributed by atoms with van der Waals surface area (Å²) in [5.74, 6) is 0. The van der Waals surface area contributed by atoms with Crippen LogP contribution < -0.4 is 0 Å². The fraction of sp³-hybridized carbons (Fsp3) is 0.364.